The predicted molar refractivity (Wildman–Crippen MR) is 153 cm³/mol. The summed E-state index contributed by atoms with van der Waals surface area (Å²) >= 11 is 0. The number of aliphatic carboxylic acids is 1. The van der Waals surface area contributed by atoms with Gasteiger partial charge in [-0.2, -0.15) is 0 Å². The van der Waals surface area contributed by atoms with E-state index in [-0.39, 0.29) is 48.6 Å². The lowest BCUT2D eigenvalue weighted by Crippen LogP contribution is -2.38. The number of aryl methyl sites for hydroxylation is 1. The third kappa shape index (κ3) is 7.06. The van der Waals surface area contributed by atoms with Crippen LogP contribution in [0.4, 0.5) is 4.39 Å². The maximum Gasteiger partial charge on any atom is 0.305 e. The number of carbonyl (C=O) groups is 2. The predicted octanol–water partition coefficient (Wildman–Crippen LogP) is 4.71. The number of carboxylic acids is 1. The highest BCUT2D eigenvalue weighted by Crippen LogP contribution is 2.33. The Morgan fingerprint density at radius 1 is 1.12 bits per heavy atom. The Morgan fingerprint density at radius 2 is 1.90 bits per heavy atom. The van der Waals surface area contributed by atoms with Crippen molar-refractivity contribution < 1.29 is 28.3 Å². The van der Waals surface area contributed by atoms with Gasteiger partial charge in [0.1, 0.15) is 18.2 Å². The largest absolute Gasteiger partial charge is 0.481 e. The number of fused-ring (bicyclic) bond motifs is 2. The molecular formula is C31H39FN4O6. The number of benzene rings is 1. The molecule has 1 atom stereocenters. The molecule has 2 aliphatic rings. The third-order valence-corrected chi connectivity index (χ3v) is 8.63. The van der Waals surface area contributed by atoms with Crippen molar-refractivity contribution in [2.45, 2.75) is 89.5 Å². The molecule has 10 nitrogen and oxygen atoms in total. The van der Waals surface area contributed by atoms with Crippen LogP contribution in [0.15, 0.2) is 27.5 Å². The minimum Gasteiger partial charge on any atom is -0.481 e. The van der Waals surface area contributed by atoms with E-state index in [4.69, 9.17) is 19.4 Å². The zero-order valence-corrected chi connectivity index (χ0v) is 24.1. The van der Waals surface area contributed by atoms with E-state index >= 15 is 0 Å². The molecule has 11 heteroatoms. The van der Waals surface area contributed by atoms with Crippen LogP contribution < -0.4 is 5.56 Å². The number of unbranched alkanes of at least 4 members (excludes halogenated alkanes) is 2. The number of rotatable bonds is 12. The fraction of sp³-hybridized carbons (Fsp3) is 0.581. The summed E-state index contributed by atoms with van der Waals surface area (Å²) in [4.78, 5) is 43.5. The van der Waals surface area contributed by atoms with Gasteiger partial charge in [-0.1, -0.05) is 11.6 Å². The lowest BCUT2D eigenvalue weighted by atomic mass is 9.91. The van der Waals surface area contributed by atoms with Gasteiger partial charge in [-0.05, 0) is 77.1 Å². The van der Waals surface area contributed by atoms with Gasteiger partial charge >= 0.3 is 11.9 Å². The van der Waals surface area contributed by atoms with Crippen LogP contribution in [0.25, 0.3) is 11.0 Å². The van der Waals surface area contributed by atoms with Gasteiger partial charge in [-0.15, -0.1) is 0 Å². The summed E-state index contributed by atoms with van der Waals surface area (Å²) in [6, 6.07) is 4.55. The van der Waals surface area contributed by atoms with E-state index in [1.807, 2.05) is 6.92 Å². The Bertz CT molecular complexity index is 1480. The number of aromatic nitrogens is 3. The molecule has 1 unspecified atom stereocenters. The van der Waals surface area contributed by atoms with E-state index in [0.29, 0.717) is 43.6 Å². The second kappa shape index (κ2) is 13.6. The molecule has 0 radical (unpaired) electrons. The normalized spacial score (nSPS) is 17.8. The summed E-state index contributed by atoms with van der Waals surface area (Å²) in [6.45, 7) is 5.23. The van der Waals surface area contributed by atoms with Crippen molar-refractivity contribution in [2.24, 2.45) is 0 Å². The SMILES string of the molecule is Cc1nc2n(c(=O)c1CCN1CCC(c3noc4cc(F)ccc34)CC1)CCCC2COC(=O)CCCCCC(=O)O. The zero-order chi connectivity index (χ0) is 29.6. The molecule has 4 heterocycles. The molecule has 0 bridgehead atoms. The fourth-order valence-corrected chi connectivity index (χ4v) is 6.23. The minimum atomic E-state index is -0.826. The average Bonchev–Trinajstić information content (AvgIpc) is 3.39. The van der Waals surface area contributed by atoms with E-state index in [9.17, 15) is 18.8 Å². The molecule has 5 rings (SSSR count). The number of piperidine rings is 1. The zero-order valence-electron chi connectivity index (χ0n) is 24.1. The molecule has 42 heavy (non-hydrogen) atoms. The van der Waals surface area contributed by atoms with Crippen LogP contribution in [-0.4, -0.2) is 62.9 Å². The second-order valence-electron chi connectivity index (χ2n) is 11.5. The number of halogens is 1. The van der Waals surface area contributed by atoms with Crippen LogP contribution in [0.2, 0.25) is 0 Å². The monoisotopic (exact) mass is 582 g/mol. The minimum absolute atomic E-state index is 0.00291. The van der Waals surface area contributed by atoms with Crippen molar-refractivity contribution in [1.82, 2.24) is 19.6 Å². The van der Waals surface area contributed by atoms with Gasteiger partial charge in [0.05, 0.1) is 11.6 Å². The first-order valence-electron chi connectivity index (χ1n) is 15.0. The number of esters is 1. The molecule has 0 aliphatic carbocycles. The summed E-state index contributed by atoms with van der Waals surface area (Å²) in [6.07, 6.45) is 6.29. The van der Waals surface area contributed by atoms with Crippen LogP contribution in [0, 0.1) is 12.7 Å². The lowest BCUT2D eigenvalue weighted by molar-refractivity contribution is -0.144. The first kappa shape index (κ1) is 29.9. The molecule has 2 aliphatic heterocycles. The van der Waals surface area contributed by atoms with E-state index in [2.05, 4.69) is 10.1 Å². The third-order valence-electron chi connectivity index (χ3n) is 8.63. The van der Waals surface area contributed by atoms with E-state index in [1.54, 1.807) is 10.6 Å². The summed E-state index contributed by atoms with van der Waals surface area (Å²) in [5.41, 5.74) is 2.86. The Balaban J connectivity index is 1.13. The quantitative estimate of drug-likeness (QED) is 0.239. The lowest BCUT2D eigenvalue weighted by Gasteiger charge is -2.31. The van der Waals surface area contributed by atoms with Crippen molar-refractivity contribution in [1.29, 1.82) is 0 Å². The van der Waals surface area contributed by atoms with Crippen molar-refractivity contribution in [3.63, 3.8) is 0 Å². The number of hydrogen-bond acceptors (Lipinski definition) is 8. The molecule has 0 amide bonds. The highest BCUT2D eigenvalue weighted by atomic mass is 19.1. The summed E-state index contributed by atoms with van der Waals surface area (Å²) in [7, 11) is 0. The van der Waals surface area contributed by atoms with Gasteiger partial charge < -0.3 is 19.3 Å². The smallest absolute Gasteiger partial charge is 0.305 e. The van der Waals surface area contributed by atoms with Gasteiger partial charge in [0.2, 0.25) is 0 Å². The molecule has 1 N–H and O–H groups in total. The first-order valence-corrected chi connectivity index (χ1v) is 15.0. The number of nitrogens with zero attached hydrogens (tertiary/aromatic N) is 4. The number of hydrogen-bond donors (Lipinski definition) is 1. The van der Waals surface area contributed by atoms with Gasteiger partial charge in [0, 0.05) is 54.6 Å². The molecule has 1 aromatic carbocycles. The Kier molecular flexibility index (Phi) is 9.66. The summed E-state index contributed by atoms with van der Waals surface area (Å²) in [5.74, 6) is -0.616. The van der Waals surface area contributed by atoms with Crippen molar-refractivity contribution >= 4 is 22.9 Å². The van der Waals surface area contributed by atoms with Crippen molar-refractivity contribution in [3.8, 4) is 0 Å². The van der Waals surface area contributed by atoms with Gasteiger partial charge in [-0.25, -0.2) is 9.37 Å². The average molecular weight is 583 g/mol. The van der Waals surface area contributed by atoms with Crippen LogP contribution in [-0.2, 0) is 27.3 Å². The van der Waals surface area contributed by atoms with Crippen LogP contribution in [0.5, 0.6) is 0 Å². The summed E-state index contributed by atoms with van der Waals surface area (Å²) < 4.78 is 26.2. The Labute approximate surface area is 243 Å². The Morgan fingerprint density at radius 3 is 2.69 bits per heavy atom. The molecule has 2 aromatic heterocycles. The van der Waals surface area contributed by atoms with E-state index in [1.165, 1.54) is 12.1 Å². The number of ether oxygens (including phenoxy) is 1. The molecular weight excluding hydrogens is 543 g/mol. The fourth-order valence-electron chi connectivity index (χ4n) is 6.23. The van der Waals surface area contributed by atoms with Crippen molar-refractivity contribution in [2.75, 3.05) is 26.2 Å². The molecule has 1 fully saturated rings. The summed E-state index contributed by atoms with van der Waals surface area (Å²) in [5, 5.41) is 13.8. The standard InChI is InChI=1S/C31H39FN4O6/c1-20-24(13-17-35-15-11-21(12-16-35)29-25-10-9-23(32)18-26(25)42-34-29)31(40)36-14-5-6-22(30(36)33-20)19-41-28(39)8-4-2-3-7-27(37)38/h9-10,18,21-22H,2-8,11-17,19H2,1H3,(H,37,38). The van der Waals surface area contributed by atoms with Gasteiger partial charge in [0.25, 0.3) is 5.56 Å². The molecule has 0 saturated carbocycles. The number of carbonyl (C=O) groups excluding carboxylic acids is 1. The maximum atomic E-state index is 13.5. The first-order chi connectivity index (χ1) is 20.3. The van der Waals surface area contributed by atoms with Gasteiger partial charge in [0.15, 0.2) is 5.58 Å². The van der Waals surface area contributed by atoms with Crippen LogP contribution >= 0.6 is 0 Å². The van der Waals surface area contributed by atoms with E-state index < -0.39 is 5.97 Å². The number of likely N-dealkylation sites (tertiary alicyclic amines) is 1. The highest BCUT2D eigenvalue weighted by Gasteiger charge is 2.28. The topological polar surface area (TPSA) is 128 Å². The molecule has 1 saturated heterocycles. The van der Waals surface area contributed by atoms with E-state index in [0.717, 1.165) is 67.7 Å². The van der Waals surface area contributed by atoms with Gasteiger partial charge in [-0.3, -0.25) is 19.0 Å². The maximum absolute atomic E-state index is 13.5. The molecule has 3 aromatic rings. The van der Waals surface area contributed by atoms with Crippen LogP contribution in [0.3, 0.4) is 0 Å². The Hall–Kier alpha value is -3.60. The van der Waals surface area contributed by atoms with Crippen molar-refractivity contribution in [3.05, 3.63) is 57.1 Å². The molecule has 226 valence electrons. The van der Waals surface area contributed by atoms with Crippen LogP contribution in [0.1, 0.15) is 92.4 Å². The number of carboxylic acid groups (broad SMARTS) is 1. The molecule has 0 spiro atoms. The highest BCUT2D eigenvalue weighted by molar-refractivity contribution is 5.79. The second-order valence-corrected chi connectivity index (χ2v) is 11.5.